The van der Waals surface area contributed by atoms with Gasteiger partial charge in [0, 0.05) is 38.0 Å². The molecule has 2 heterocycles. The number of sulfonamides is 1. The van der Waals surface area contributed by atoms with Gasteiger partial charge in [-0.3, -0.25) is 4.99 Å². The van der Waals surface area contributed by atoms with Gasteiger partial charge in [-0.25, -0.2) is 8.42 Å². The standard InChI is InChI=1S/C20H32N4O2S2.HI/c1-20(10-7-13-27-20)16-23-19(21-2)22-15-17-8-6-9-18(14-17)28(25,26)24-11-4-3-5-12-24;/h6,8-9,14H,3-5,7,10-13,15-16H2,1-2H3,(H2,21,22,23);1H. The smallest absolute Gasteiger partial charge is 0.243 e. The predicted molar refractivity (Wildman–Crippen MR) is 133 cm³/mol. The van der Waals surface area contributed by atoms with Gasteiger partial charge in [-0.15, -0.1) is 24.0 Å². The Labute approximate surface area is 196 Å². The molecule has 1 unspecified atom stereocenters. The average Bonchev–Trinajstić information content (AvgIpc) is 3.16. The lowest BCUT2D eigenvalue weighted by Crippen LogP contribution is -2.43. The number of aliphatic imine (C=N–C) groups is 1. The Hall–Kier alpha value is -0.520. The summed E-state index contributed by atoms with van der Waals surface area (Å²) in [5.41, 5.74) is 0.933. The molecule has 0 amide bonds. The largest absolute Gasteiger partial charge is 0.355 e. The van der Waals surface area contributed by atoms with E-state index in [0.29, 0.717) is 24.5 Å². The van der Waals surface area contributed by atoms with E-state index in [9.17, 15) is 8.42 Å². The van der Waals surface area contributed by atoms with Gasteiger partial charge in [-0.1, -0.05) is 18.6 Å². The molecule has 0 bridgehead atoms. The summed E-state index contributed by atoms with van der Waals surface area (Å²) in [6.45, 7) is 4.95. The molecule has 3 rings (SSSR count). The number of nitrogens with zero attached hydrogens (tertiary/aromatic N) is 2. The van der Waals surface area contributed by atoms with Crippen LogP contribution in [0.5, 0.6) is 0 Å². The monoisotopic (exact) mass is 552 g/mol. The van der Waals surface area contributed by atoms with Crippen LogP contribution in [0.4, 0.5) is 0 Å². The molecular formula is C20H33IN4O2S2. The van der Waals surface area contributed by atoms with Gasteiger partial charge in [0.1, 0.15) is 0 Å². The first-order valence-electron chi connectivity index (χ1n) is 10.1. The Kier molecular flexibility index (Phi) is 9.56. The van der Waals surface area contributed by atoms with Gasteiger partial charge >= 0.3 is 0 Å². The van der Waals surface area contributed by atoms with Gasteiger partial charge in [0.25, 0.3) is 0 Å². The minimum absolute atomic E-state index is 0. The first-order chi connectivity index (χ1) is 13.4. The van der Waals surface area contributed by atoms with Crippen molar-refractivity contribution < 1.29 is 8.42 Å². The maximum absolute atomic E-state index is 12.9. The number of rotatable bonds is 6. The van der Waals surface area contributed by atoms with E-state index in [4.69, 9.17) is 0 Å². The van der Waals surface area contributed by atoms with E-state index < -0.39 is 10.0 Å². The van der Waals surface area contributed by atoms with E-state index in [1.807, 2.05) is 23.9 Å². The quantitative estimate of drug-likeness (QED) is 0.322. The Morgan fingerprint density at radius 2 is 1.97 bits per heavy atom. The van der Waals surface area contributed by atoms with Crippen LogP contribution < -0.4 is 10.6 Å². The van der Waals surface area contributed by atoms with Crippen LogP contribution in [0.15, 0.2) is 34.2 Å². The highest BCUT2D eigenvalue weighted by atomic mass is 127. The maximum Gasteiger partial charge on any atom is 0.243 e. The molecule has 2 saturated heterocycles. The summed E-state index contributed by atoms with van der Waals surface area (Å²) in [4.78, 5) is 4.68. The summed E-state index contributed by atoms with van der Waals surface area (Å²) >= 11 is 2.01. The number of piperidine rings is 1. The van der Waals surface area contributed by atoms with Gasteiger partial charge in [0.05, 0.1) is 4.90 Å². The highest BCUT2D eigenvalue weighted by Crippen LogP contribution is 2.36. The lowest BCUT2D eigenvalue weighted by molar-refractivity contribution is 0.346. The van der Waals surface area contributed by atoms with Crippen molar-refractivity contribution in [1.82, 2.24) is 14.9 Å². The molecule has 0 aromatic heterocycles. The predicted octanol–water partition coefficient (Wildman–Crippen LogP) is 3.43. The molecule has 2 aliphatic heterocycles. The molecule has 2 N–H and O–H groups in total. The molecular weight excluding hydrogens is 519 g/mol. The fraction of sp³-hybridized carbons (Fsp3) is 0.650. The van der Waals surface area contributed by atoms with Crippen molar-refractivity contribution in [3.63, 3.8) is 0 Å². The number of halogens is 1. The van der Waals surface area contributed by atoms with Crippen LogP contribution in [0.1, 0.15) is 44.6 Å². The summed E-state index contributed by atoms with van der Waals surface area (Å²) in [5, 5.41) is 6.72. The zero-order chi connectivity index (χ0) is 20.0. The molecule has 6 nitrogen and oxygen atoms in total. The molecule has 164 valence electrons. The van der Waals surface area contributed by atoms with Gasteiger partial charge < -0.3 is 10.6 Å². The Morgan fingerprint density at radius 3 is 2.62 bits per heavy atom. The highest BCUT2D eigenvalue weighted by Gasteiger charge is 2.29. The third-order valence-electron chi connectivity index (χ3n) is 5.47. The molecule has 0 radical (unpaired) electrons. The Balaban J connectivity index is 0.00000300. The second-order valence-electron chi connectivity index (χ2n) is 7.79. The molecule has 2 aliphatic rings. The van der Waals surface area contributed by atoms with Crippen LogP contribution in [0.3, 0.4) is 0 Å². The molecule has 0 spiro atoms. The minimum Gasteiger partial charge on any atom is -0.355 e. The lowest BCUT2D eigenvalue weighted by atomic mass is 10.1. The minimum atomic E-state index is -3.40. The van der Waals surface area contributed by atoms with Gasteiger partial charge in [-0.05, 0) is 56.1 Å². The number of hydrogen-bond acceptors (Lipinski definition) is 4. The van der Waals surface area contributed by atoms with E-state index in [2.05, 4.69) is 22.5 Å². The molecule has 0 aliphatic carbocycles. The Morgan fingerprint density at radius 1 is 1.21 bits per heavy atom. The fourth-order valence-electron chi connectivity index (χ4n) is 3.72. The third kappa shape index (κ3) is 6.73. The zero-order valence-electron chi connectivity index (χ0n) is 17.3. The molecule has 1 aromatic carbocycles. The lowest BCUT2D eigenvalue weighted by Gasteiger charge is -2.26. The van der Waals surface area contributed by atoms with Gasteiger partial charge in [-0.2, -0.15) is 16.1 Å². The number of nitrogens with one attached hydrogen (secondary N) is 2. The molecule has 2 fully saturated rings. The van der Waals surface area contributed by atoms with Crippen molar-refractivity contribution in [2.45, 2.75) is 55.2 Å². The van der Waals surface area contributed by atoms with Crippen molar-refractivity contribution in [2.24, 2.45) is 4.99 Å². The van der Waals surface area contributed by atoms with Gasteiger partial charge in [0.2, 0.25) is 10.0 Å². The summed E-state index contributed by atoms with van der Waals surface area (Å²) in [6, 6.07) is 7.24. The van der Waals surface area contributed by atoms with E-state index in [-0.39, 0.29) is 28.7 Å². The molecule has 1 atom stereocenters. The van der Waals surface area contributed by atoms with Gasteiger partial charge in [0.15, 0.2) is 5.96 Å². The first-order valence-corrected chi connectivity index (χ1v) is 12.5. The molecule has 29 heavy (non-hydrogen) atoms. The maximum atomic E-state index is 12.9. The van der Waals surface area contributed by atoms with Crippen LogP contribution in [-0.2, 0) is 16.6 Å². The summed E-state index contributed by atoms with van der Waals surface area (Å²) in [7, 11) is -1.64. The molecule has 1 aromatic rings. The van der Waals surface area contributed by atoms with Crippen molar-refractivity contribution in [3.8, 4) is 0 Å². The van der Waals surface area contributed by atoms with Crippen LogP contribution in [-0.4, -0.2) is 55.9 Å². The number of thioether (sulfide) groups is 1. The van der Waals surface area contributed by atoms with E-state index in [0.717, 1.165) is 37.3 Å². The molecule has 9 heteroatoms. The number of hydrogen-bond donors (Lipinski definition) is 2. The number of guanidine groups is 1. The second-order valence-corrected chi connectivity index (χ2v) is 11.4. The van der Waals surface area contributed by atoms with E-state index >= 15 is 0 Å². The first kappa shape index (κ1) is 24.7. The highest BCUT2D eigenvalue weighted by molar-refractivity contribution is 14.0. The fourth-order valence-corrected chi connectivity index (χ4v) is 6.56. The third-order valence-corrected chi connectivity index (χ3v) is 8.90. The topological polar surface area (TPSA) is 73.8 Å². The zero-order valence-corrected chi connectivity index (χ0v) is 21.3. The van der Waals surface area contributed by atoms with Crippen molar-refractivity contribution >= 4 is 51.7 Å². The van der Waals surface area contributed by atoms with Crippen molar-refractivity contribution in [1.29, 1.82) is 0 Å². The second kappa shape index (κ2) is 11.2. The molecule has 0 saturated carbocycles. The van der Waals surface area contributed by atoms with Crippen molar-refractivity contribution in [2.75, 3.05) is 32.4 Å². The average molecular weight is 553 g/mol. The summed E-state index contributed by atoms with van der Waals surface area (Å²) in [6.07, 6.45) is 5.49. The normalized spacial score (nSPS) is 23.4. The van der Waals surface area contributed by atoms with Crippen LogP contribution in [0.25, 0.3) is 0 Å². The van der Waals surface area contributed by atoms with Crippen LogP contribution in [0.2, 0.25) is 0 Å². The SMILES string of the molecule is CN=C(NCc1cccc(S(=O)(=O)N2CCCCC2)c1)NCC1(C)CCCS1.I. The van der Waals surface area contributed by atoms with Crippen LogP contribution >= 0.6 is 35.7 Å². The van der Waals surface area contributed by atoms with E-state index in [1.54, 1.807) is 23.5 Å². The summed E-state index contributed by atoms with van der Waals surface area (Å²) in [5.74, 6) is 1.97. The summed E-state index contributed by atoms with van der Waals surface area (Å²) < 4.78 is 27.7. The Bertz CT molecular complexity index is 789. The van der Waals surface area contributed by atoms with E-state index in [1.165, 1.54) is 18.6 Å². The van der Waals surface area contributed by atoms with Crippen molar-refractivity contribution in [3.05, 3.63) is 29.8 Å². The number of benzene rings is 1. The van der Waals surface area contributed by atoms with Crippen LogP contribution in [0, 0.1) is 0 Å².